The highest BCUT2D eigenvalue weighted by Crippen LogP contribution is 2.43. The SMILES string of the molecule is CC[C@@H]1c2nncn2-c2cnc(C3CN(COCC[Si](C)(C)C)N=C3c3nccs3)nc2N1C1CCC1. The first-order valence-corrected chi connectivity index (χ1v) is 17.9. The Morgan fingerprint density at radius 3 is 2.76 bits per heavy atom. The van der Waals surface area contributed by atoms with Gasteiger partial charge in [0.1, 0.15) is 35.3 Å². The van der Waals surface area contributed by atoms with Gasteiger partial charge in [-0.3, -0.25) is 9.58 Å². The number of thiazole rings is 1. The monoisotopic (exact) mass is 537 g/mol. The van der Waals surface area contributed by atoms with Crippen molar-refractivity contribution in [3.8, 4) is 5.69 Å². The van der Waals surface area contributed by atoms with E-state index in [9.17, 15) is 0 Å². The van der Waals surface area contributed by atoms with Crippen molar-refractivity contribution in [2.45, 2.75) is 76.3 Å². The zero-order chi connectivity index (χ0) is 25.6. The number of anilines is 1. The van der Waals surface area contributed by atoms with Gasteiger partial charge < -0.3 is 9.64 Å². The molecule has 1 fully saturated rings. The number of hydrazone groups is 1. The zero-order valence-corrected chi connectivity index (χ0v) is 23.9. The molecule has 37 heavy (non-hydrogen) atoms. The zero-order valence-electron chi connectivity index (χ0n) is 22.0. The lowest BCUT2D eigenvalue weighted by Crippen LogP contribution is -2.46. The van der Waals surface area contributed by atoms with E-state index in [-0.39, 0.29) is 12.0 Å². The fraction of sp³-hybridized carbons (Fsp3) is 0.600. The molecule has 1 saturated carbocycles. The molecule has 196 valence electrons. The Morgan fingerprint density at radius 2 is 2.05 bits per heavy atom. The molecule has 0 aromatic carbocycles. The highest BCUT2D eigenvalue weighted by atomic mass is 32.1. The van der Waals surface area contributed by atoms with E-state index in [4.69, 9.17) is 19.8 Å². The van der Waals surface area contributed by atoms with Crippen molar-refractivity contribution >= 4 is 30.9 Å². The lowest BCUT2D eigenvalue weighted by Gasteiger charge is -2.45. The van der Waals surface area contributed by atoms with Gasteiger partial charge in [0.25, 0.3) is 0 Å². The average Bonchev–Trinajstić information content (AvgIpc) is 3.60. The minimum atomic E-state index is -1.14. The van der Waals surface area contributed by atoms with Crippen LogP contribution in [0.4, 0.5) is 5.82 Å². The van der Waals surface area contributed by atoms with Crippen LogP contribution in [-0.4, -0.2) is 74.4 Å². The van der Waals surface area contributed by atoms with Crippen LogP contribution in [0.3, 0.4) is 0 Å². The maximum absolute atomic E-state index is 6.03. The van der Waals surface area contributed by atoms with Crippen LogP contribution in [0.1, 0.15) is 61.2 Å². The second-order valence-electron chi connectivity index (χ2n) is 11.3. The molecular weight excluding hydrogens is 502 g/mol. The first kappa shape index (κ1) is 24.6. The van der Waals surface area contributed by atoms with Crippen LogP contribution in [-0.2, 0) is 4.74 Å². The summed E-state index contributed by atoms with van der Waals surface area (Å²) in [6, 6.07) is 1.78. The molecule has 2 aliphatic heterocycles. The summed E-state index contributed by atoms with van der Waals surface area (Å²) >= 11 is 1.60. The number of nitrogens with zero attached hydrogens (tertiary/aromatic N) is 9. The fourth-order valence-electron chi connectivity index (χ4n) is 5.24. The summed E-state index contributed by atoms with van der Waals surface area (Å²) in [6.07, 6.45) is 10.1. The van der Waals surface area contributed by atoms with E-state index in [1.54, 1.807) is 17.7 Å². The number of hydrogen-bond donors (Lipinski definition) is 0. The molecule has 5 heterocycles. The standard InChI is InChI=1S/C25H35N9OSSi/c1-5-19-24-30-28-15-33(24)20-13-27-22(29-23(20)34(19)17-7-6-8-17)18-14-32(16-35-10-12-37(2,3)4)31-21(18)25-26-9-11-36-25/h9,11,13,15,17-19H,5-8,10,12,14,16H2,1-4H3/t18?,19-/m1/s1. The Kier molecular flexibility index (Phi) is 6.57. The van der Waals surface area contributed by atoms with Gasteiger partial charge in [0.15, 0.2) is 11.6 Å². The number of rotatable bonds is 9. The van der Waals surface area contributed by atoms with E-state index >= 15 is 0 Å². The van der Waals surface area contributed by atoms with Crippen molar-refractivity contribution in [1.29, 1.82) is 0 Å². The van der Waals surface area contributed by atoms with Crippen molar-refractivity contribution in [1.82, 2.24) is 34.7 Å². The second-order valence-corrected chi connectivity index (χ2v) is 17.8. The number of fused-ring (bicyclic) bond motifs is 3. The molecule has 0 saturated heterocycles. The Bertz CT molecular complexity index is 1270. The first-order chi connectivity index (χ1) is 17.9. The van der Waals surface area contributed by atoms with Crippen LogP contribution in [0.25, 0.3) is 5.69 Å². The fourth-order valence-corrected chi connectivity index (χ4v) is 6.68. The number of aromatic nitrogens is 6. The molecule has 0 spiro atoms. The first-order valence-electron chi connectivity index (χ1n) is 13.3. The molecule has 10 nitrogen and oxygen atoms in total. The molecule has 12 heteroatoms. The molecule has 3 aromatic rings. The smallest absolute Gasteiger partial charge is 0.160 e. The van der Waals surface area contributed by atoms with Crippen molar-refractivity contribution in [2.24, 2.45) is 5.10 Å². The normalized spacial score (nSPS) is 21.6. The molecule has 6 rings (SSSR count). The molecule has 0 N–H and O–H groups in total. The van der Waals surface area contributed by atoms with E-state index in [0.29, 0.717) is 19.3 Å². The Morgan fingerprint density at radius 1 is 1.19 bits per heavy atom. The van der Waals surface area contributed by atoms with Gasteiger partial charge in [-0.2, -0.15) is 5.10 Å². The Labute approximate surface area is 222 Å². The van der Waals surface area contributed by atoms with E-state index in [1.807, 2.05) is 22.8 Å². The van der Waals surface area contributed by atoms with Gasteiger partial charge in [-0.1, -0.05) is 26.6 Å². The van der Waals surface area contributed by atoms with E-state index < -0.39 is 8.07 Å². The summed E-state index contributed by atoms with van der Waals surface area (Å²) in [7, 11) is -1.14. The van der Waals surface area contributed by atoms with Crippen molar-refractivity contribution in [3.05, 3.63) is 40.8 Å². The largest absolute Gasteiger partial charge is 0.360 e. The van der Waals surface area contributed by atoms with Crippen LogP contribution in [0.5, 0.6) is 0 Å². The summed E-state index contributed by atoms with van der Waals surface area (Å²) in [5.74, 6) is 2.68. The predicted molar refractivity (Wildman–Crippen MR) is 147 cm³/mol. The number of ether oxygens (including phenoxy) is 1. The van der Waals surface area contributed by atoms with Gasteiger partial charge in [0.05, 0.1) is 24.7 Å². The molecule has 0 amide bonds. The van der Waals surface area contributed by atoms with E-state index in [1.165, 1.54) is 19.3 Å². The topological polar surface area (TPSA) is 97.5 Å². The lowest BCUT2D eigenvalue weighted by atomic mass is 9.89. The van der Waals surface area contributed by atoms with Crippen molar-refractivity contribution < 1.29 is 4.74 Å². The van der Waals surface area contributed by atoms with Crippen LogP contribution in [0.15, 0.2) is 29.2 Å². The lowest BCUT2D eigenvalue weighted by molar-refractivity contribution is 0.0417. The predicted octanol–water partition coefficient (Wildman–Crippen LogP) is 4.45. The summed E-state index contributed by atoms with van der Waals surface area (Å²) in [5, 5.41) is 18.6. The number of hydrogen-bond acceptors (Lipinski definition) is 10. The maximum Gasteiger partial charge on any atom is 0.160 e. The average molecular weight is 538 g/mol. The Balaban J connectivity index is 1.31. The molecule has 0 bridgehead atoms. The molecule has 0 radical (unpaired) electrons. The van der Waals surface area contributed by atoms with Crippen LogP contribution in [0, 0.1) is 0 Å². The van der Waals surface area contributed by atoms with Gasteiger partial charge in [0.2, 0.25) is 0 Å². The second kappa shape index (κ2) is 9.88. The van der Waals surface area contributed by atoms with Gasteiger partial charge in [0, 0.05) is 32.3 Å². The van der Waals surface area contributed by atoms with E-state index in [2.05, 4.69) is 51.2 Å². The molecule has 2 atom stereocenters. The van der Waals surface area contributed by atoms with Crippen LogP contribution >= 0.6 is 11.3 Å². The minimum absolute atomic E-state index is 0.0670. The minimum Gasteiger partial charge on any atom is -0.360 e. The molecule has 1 aliphatic carbocycles. The third kappa shape index (κ3) is 4.70. The Hall–Kier alpha value is -2.70. The molecule has 1 unspecified atom stereocenters. The molecule has 3 aromatic heterocycles. The van der Waals surface area contributed by atoms with Gasteiger partial charge in [-0.15, -0.1) is 21.5 Å². The summed E-state index contributed by atoms with van der Waals surface area (Å²) in [5.41, 5.74) is 1.88. The van der Waals surface area contributed by atoms with E-state index in [0.717, 1.165) is 52.9 Å². The van der Waals surface area contributed by atoms with Gasteiger partial charge in [-0.25, -0.2) is 15.0 Å². The van der Waals surface area contributed by atoms with Crippen LogP contribution < -0.4 is 4.90 Å². The summed E-state index contributed by atoms with van der Waals surface area (Å²) < 4.78 is 8.09. The summed E-state index contributed by atoms with van der Waals surface area (Å²) in [4.78, 5) is 17.2. The van der Waals surface area contributed by atoms with Crippen molar-refractivity contribution in [3.63, 3.8) is 0 Å². The van der Waals surface area contributed by atoms with Gasteiger partial charge in [-0.05, 0) is 31.7 Å². The summed E-state index contributed by atoms with van der Waals surface area (Å²) in [6.45, 7) is 11.2. The van der Waals surface area contributed by atoms with Crippen LogP contribution in [0.2, 0.25) is 25.7 Å². The molecular formula is C25H35N9OSSi. The molecule has 3 aliphatic rings. The van der Waals surface area contributed by atoms with Crippen molar-refractivity contribution in [2.75, 3.05) is 24.8 Å². The third-order valence-electron chi connectivity index (χ3n) is 7.51. The quantitative estimate of drug-likeness (QED) is 0.292. The third-order valence-corrected chi connectivity index (χ3v) is 10.0. The highest BCUT2D eigenvalue weighted by molar-refractivity contribution is 7.11. The van der Waals surface area contributed by atoms with Gasteiger partial charge >= 0.3 is 0 Å². The maximum atomic E-state index is 6.03. The highest BCUT2D eigenvalue weighted by Gasteiger charge is 2.41.